The third kappa shape index (κ3) is 4.09. The van der Waals surface area contributed by atoms with Gasteiger partial charge in [-0.3, -0.25) is 0 Å². The number of furan rings is 1. The molecule has 1 unspecified atom stereocenters. The molecule has 0 bridgehead atoms. The predicted molar refractivity (Wildman–Crippen MR) is 91.8 cm³/mol. The normalized spacial score (nSPS) is 12.3. The number of aliphatic hydroxyl groups is 1. The van der Waals surface area contributed by atoms with Crippen molar-refractivity contribution in [3.05, 3.63) is 83.6 Å². The van der Waals surface area contributed by atoms with Gasteiger partial charge in [-0.2, -0.15) is 0 Å². The second-order valence-corrected chi connectivity index (χ2v) is 5.65. The van der Waals surface area contributed by atoms with E-state index in [9.17, 15) is 5.11 Å². The third-order valence-electron chi connectivity index (χ3n) is 3.81. The van der Waals surface area contributed by atoms with Crippen molar-refractivity contribution in [1.29, 1.82) is 0 Å². The maximum absolute atomic E-state index is 9.55. The van der Waals surface area contributed by atoms with Crippen molar-refractivity contribution < 1.29 is 9.52 Å². The first-order valence-electron chi connectivity index (χ1n) is 7.84. The second kappa shape index (κ2) is 7.27. The van der Waals surface area contributed by atoms with Gasteiger partial charge >= 0.3 is 0 Å². The molecular formula is C20H21NO2. The van der Waals surface area contributed by atoms with E-state index in [1.807, 2.05) is 54.6 Å². The van der Waals surface area contributed by atoms with Gasteiger partial charge in [0.2, 0.25) is 0 Å². The Morgan fingerprint density at radius 1 is 0.913 bits per heavy atom. The Morgan fingerprint density at radius 2 is 1.65 bits per heavy atom. The molecule has 118 valence electrons. The molecule has 3 nitrogen and oxygen atoms in total. The average molecular weight is 307 g/mol. The van der Waals surface area contributed by atoms with Crippen LogP contribution >= 0.6 is 0 Å². The Labute approximate surface area is 136 Å². The van der Waals surface area contributed by atoms with Crippen LogP contribution in [0.3, 0.4) is 0 Å². The number of rotatable bonds is 6. The van der Waals surface area contributed by atoms with E-state index in [4.69, 9.17) is 4.42 Å². The fraction of sp³-hybridized carbons (Fsp3) is 0.200. The molecule has 3 heteroatoms. The highest BCUT2D eigenvalue weighted by molar-refractivity contribution is 5.58. The van der Waals surface area contributed by atoms with Crippen molar-refractivity contribution in [3.8, 4) is 11.3 Å². The summed E-state index contributed by atoms with van der Waals surface area (Å²) in [7, 11) is 0. The van der Waals surface area contributed by atoms with E-state index in [0.717, 1.165) is 29.2 Å². The van der Waals surface area contributed by atoms with Crippen LogP contribution in [0.2, 0.25) is 0 Å². The molecule has 0 amide bonds. The van der Waals surface area contributed by atoms with E-state index in [1.165, 1.54) is 5.56 Å². The van der Waals surface area contributed by atoms with Crippen LogP contribution in [0.4, 0.5) is 0 Å². The van der Waals surface area contributed by atoms with Crippen LogP contribution in [-0.4, -0.2) is 5.11 Å². The summed E-state index contributed by atoms with van der Waals surface area (Å²) in [6, 6.07) is 22.1. The zero-order chi connectivity index (χ0) is 16.1. The summed E-state index contributed by atoms with van der Waals surface area (Å²) in [6.07, 6.45) is -0.446. The van der Waals surface area contributed by atoms with Gasteiger partial charge in [-0.1, -0.05) is 54.6 Å². The molecule has 0 spiro atoms. The largest absolute Gasteiger partial charge is 0.460 e. The monoisotopic (exact) mass is 307 g/mol. The molecule has 23 heavy (non-hydrogen) atoms. The minimum absolute atomic E-state index is 0.446. The van der Waals surface area contributed by atoms with Crippen molar-refractivity contribution in [2.24, 2.45) is 0 Å². The van der Waals surface area contributed by atoms with E-state index in [-0.39, 0.29) is 0 Å². The molecule has 3 rings (SSSR count). The fourth-order valence-corrected chi connectivity index (χ4v) is 2.48. The molecule has 1 atom stereocenters. The number of hydrogen-bond donors (Lipinski definition) is 2. The lowest BCUT2D eigenvalue weighted by molar-refractivity contribution is 0.199. The molecule has 3 aromatic rings. The summed E-state index contributed by atoms with van der Waals surface area (Å²) in [6.45, 7) is 3.28. The summed E-state index contributed by atoms with van der Waals surface area (Å²) < 4.78 is 5.88. The molecular weight excluding hydrogens is 286 g/mol. The van der Waals surface area contributed by atoms with Gasteiger partial charge in [-0.05, 0) is 30.2 Å². The van der Waals surface area contributed by atoms with Crippen LogP contribution < -0.4 is 5.32 Å². The summed E-state index contributed by atoms with van der Waals surface area (Å²) in [4.78, 5) is 0. The van der Waals surface area contributed by atoms with Gasteiger partial charge in [0.05, 0.1) is 12.6 Å². The molecule has 0 aliphatic carbocycles. The zero-order valence-electron chi connectivity index (χ0n) is 13.2. The van der Waals surface area contributed by atoms with Crippen molar-refractivity contribution in [3.63, 3.8) is 0 Å². The maximum Gasteiger partial charge on any atom is 0.134 e. The summed E-state index contributed by atoms with van der Waals surface area (Å²) in [5.41, 5.74) is 3.18. The van der Waals surface area contributed by atoms with Crippen molar-refractivity contribution >= 4 is 0 Å². The molecule has 0 aliphatic rings. The molecule has 0 aliphatic heterocycles. The first kappa shape index (κ1) is 15.5. The van der Waals surface area contributed by atoms with Crippen LogP contribution in [0.15, 0.2) is 71.1 Å². The molecule has 1 heterocycles. The van der Waals surface area contributed by atoms with Crippen LogP contribution in [0, 0.1) is 0 Å². The molecule has 2 N–H and O–H groups in total. The molecule has 0 fully saturated rings. The minimum Gasteiger partial charge on any atom is -0.460 e. The lowest BCUT2D eigenvalue weighted by atomic mass is 10.1. The van der Waals surface area contributed by atoms with Gasteiger partial charge in [0.15, 0.2) is 0 Å². The highest BCUT2D eigenvalue weighted by Crippen LogP contribution is 2.24. The van der Waals surface area contributed by atoms with Gasteiger partial charge in [0.1, 0.15) is 11.5 Å². The highest BCUT2D eigenvalue weighted by Gasteiger charge is 2.06. The van der Waals surface area contributed by atoms with Crippen LogP contribution in [0.1, 0.15) is 29.9 Å². The molecule has 0 saturated heterocycles. The summed E-state index contributed by atoms with van der Waals surface area (Å²) in [5, 5.41) is 12.9. The molecule has 0 radical (unpaired) electrons. The highest BCUT2D eigenvalue weighted by atomic mass is 16.3. The summed E-state index contributed by atoms with van der Waals surface area (Å²) >= 11 is 0. The maximum atomic E-state index is 9.55. The van der Waals surface area contributed by atoms with Gasteiger partial charge in [-0.25, -0.2) is 0 Å². The lowest BCUT2D eigenvalue weighted by Crippen LogP contribution is -2.11. The van der Waals surface area contributed by atoms with Gasteiger partial charge in [-0.15, -0.1) is 0 Å². The quantitative estimate of drug-likeness (QED) is 0.714. The SMILES string of the molecule is CC(O)c1ccc(-c2ccc(CNCc3ccccc3)o2)cc1. The van der Waals surface area contributed by atoms with Gasteiger partial charge in [0.25, 0.3) is 0 Å². The van der Waals surface area contributed by atoms with Crippen molar-refractivity contribution in [2.45, 2.75) is 26.1 Å². The Balaban J connectivity index is 1.59. The number of benzene rings is 2. The average Bonchev–Trinajstić information content (AvgIpc) is 3.05. The van der Waals surface area contributed by atoms with E-state index in [0.29, 0.717) is 6.54 Å². The first-order chi connectivity index (χ1) is 11.2. The number of aliphatic hydroxyl groups excluding tert-OH is 1. The van der Waals surface area contributed by atoms with E-state index < -0.39 is 6.10 Å². The van der Waals surface area contributed by atoms with E-state index in [2.05, 4.69) is 17.4 Å². The topological polar surface area (TPSA) is 45.4 Å². The Hall–Kier alpha value is -2.36. The van der Waals surface area contributed by atoms with E-state index in [1.54, 1.807) is 6.92 Å². The van der Waals surface area contributed by atoms with Crippen molar-refractivity contribution in [1.82, 2.24) is 5.32 Å². The molecule has 0 saturated carbocycles. The lowest BCUT2D eigenvalue weighted by Gasteiger charge is -2.05. The van der Waals surface area contributed by atoms with Crippen LogP contribution in [0.5, 0.6) is 0 Å². The molecule has 2 aromatic carbocycles. The van der Waals surface area contributed by atoms with Gasteiger partial charge < -0.3 is 14.8 Å². The third-order valence-corrected chi connectivity index (χ3v) is 3.81. The minimum atomic E-state index is -0.446. The fourth-order valence-electron chi connectivity index (χ4n) is 2.48. The predicted octanol–water partition coefficient (Wildman–Crippen LogP) is 4.29. The standard InChI is InChI=1S/C20H21NO2/c1-15(22)17-7-9-18(10-8-17)20-12-11-19(23-20)14-21-13-16-5-3-2-4-6-16/h2-12,15,21-22H,13-14H2,1H3. The van der Waals surface area contributed by atoms with Crippen LogP contribution in [-0.2, 0) is 13.1 Å². The van der Waals surface area contributed by atoms with Crippen LogP contribution in [0.25, 0.3) is 11.3 Å². The summed E-state index contributed by atoms with van der Waals surface area (Å²) in [5.74, 6) is 1.76. The Morgan fingerprint density at radius 3 is 2.35 bits per heavy atom. The number of hydrogen-bond acceptors (Lipinski definition) is 3. The smallest absolute Gasteiger partial charge is 0.134 e. The second-order valence-electron chi connectivity index (χ2n) is 5.65. The van der Waals surface area contributed by atoms with E-state index >= 15 is 0 Å². The molecule has 1 aromatic heterocycles. The zero-order valence-corrected chi connectivity index (χ0v) is 13.2. The Bertz CT molecular complexity index is 730. The first-order valence-corrected chi connectivity index (χ1v) is 7.84. The Kier molecular flexibility index (Phi) is 4.91. The van der Waals surface area contributed by atoms with Crippen molar-refractivity contribution in [2.75, 3.05) is 0 Å². The number of nitrogens with one attached hydrogen (secondary N) is 1. The van der Waals surface area contributed by atoms with Gasteiger partial charge in [0, 0.05) is 12.1 Å².